The molecule has 2 fully saturated rings. The summed E-state index contributed by atoms with van der Waals surface area (Å²) in [7, 11) is 2.61. The highest BCUT2D eigenvalue weighted by Gasteiger charge is 2.42. The lowest BCUT2D eigenvalue weighted by Crippen LogP contribution is -2.40. The van der Waals surface area contributed by atoms with E-state index in [2.05, 4.69) is 43.9 Å². The molecule has 2 rings (SSSR count). The van der Waals surface area contributed by atoms with Gasteiger partial charge in [0.25, 0.3) is 0 Å². The summed E-state index contributed by atoms with van der Waals surface area (Å²) in [4.78, 5) is 11.3. The van der Waals surface area contributed by atoms with Crippen molar-refractivity contribution >= 4 is 15.2 Å². The molecule has 0 heterocycles. The van der Waals surface area contributed by atoms with Crippen molar-refractivity contribution in [2.45, 2.75) is 112 Å². The van der Waals surface area contributed by atoms with Crippen LogP contribution in [0, 0.1) is 40.9 Å². The first-order valence-electron chi connectivity index (χ1n) is 12.5. The highest BCUT2D eigenvalue weighted by atomic mass is 31.0. The molecule has 2 nitrogen and oxygen atoms in total. The maximum atomic E-state index is 11.3. The number of hydrogen-bond acceptors (Lipinski definition) is 2. The van der Waals surface area contributed by atoms with Gasteiger partial charge in [0.15, 0.2) is 0 Å². The summed E-state index contributed by atoms with van der Waals surface area (Å²) in [6.07, 6.45) is 10.7. The molecule has 0 aromatic rings. The number of esters is 1. The molecule has 0 aliphatic heterocycles. The van der Waals surface area contributed by atoms with Crippen LogP contribution < -0.4 is 0 Å². The SMILES string of the molecule is CC1CCC(C2CCC(C)(C)C(C)C2C)CC1.CCC(CC)C(=O)OCC(C)P. The number of hydrogen-bond donors (Lipinski definition) is 0. The van der Waals surface area contributed by atoms with Crippen molar-refractivity contribution in [1.82, 2.24) is 0 Å². The van der Waals surface area contributed by atoms with E-state index in [0.29, 0.717) is 17.7 Å². The Bertz CT molecular complexity index is 461. The lowest BCUT2D eigenvalue weighted by Gasteiger charge is -2.49. The monoisotopic (exact) mass is 426 g/mol. The third kappa shape index (κ3) is 8.51. The molecule has 0 bridgehead atoms. The predicted octanol–water partition coefficient (Wildman–Crippen LogP) is 7.75. The number of carbonyl (C=O) groups excluding carboxylic acids is 1. The summed E-state index contributed by atoms with van der Waals surface area (Å²) in [5, 5.41) is 0. The predicted molar refractivity (Wildman–Crippen MR) is 130 cm³/mol. The van der Waals surface area contributed by atoms with Crippen molar-refractivity contribution < 1.29 is 9.53 Å². The molecule has 0 aromatic heterocycles. The fourth-order valence-corrected chi connectivity index (χ4v) is 5.54. The minimum absolute atomic E-state index is 0.0469. The Balaban J connectivity index is 0.000000311. The Morgan fingerprint density at radius 3 is 2.07 bits per heavy atom. The second-order valence-electron chi connectivity index (χ2n) is 11.0. The van der Waals surface area contributed by atoms with E-state index in [1.165, 1.54) is 38.5 Å². The van der Waals surface area contributed by atoms with E-state index in [1.807, 2.05) is 20.8 Å². The quantitative estimate of drug-likeness (QED) is 0.320. The molecule has 0 aromatic carbocycles. The van der Waals surface area contributed by atoms with Crippen molar-refractivity contribution in [2.75, 3.05) is 6.61 Å². The van der Waals surface area contributed by atoms with Gasteiger partial charge in [-0.2, -0.15) is 0 Å². The Morgan fingerprint density at radius 1 is 1.03 bits per heavy atom. The van der Waals surface area contributed by atoms with Crippen LogP contribution in [0.25, 0.3) is 0 Å². The van der Waals surface area contributed by atoms with Crippen molar-refractivity contribution in [3.05, 3.63) is 0 Å². The van der Waals surface area contributed by atoms with E-state index in [1.54, 1.807) is 0 Å². The van der Waals surface area contributed by atoms with Crippen LogP contribution in [-0.4, -0.2) is 18.2 Å². The van der Waals surface area contributed by atoms with Crippen molar-refractivity contribution in [2.24, 2.45) is 40.9 Å². The topological polar surface area (TPSA) is 26.3 Å². The summed E-state index contributed by atoms with van der Waals surface area (Å²) < 4.78 is 5.09. The van der Waals surface area contributed by atoms with Gasteiger partial charge in [0.1, 0.15) is 0 Å². The normalized spacial score (nSPS) is 32.8. The van der Waals surface area contributed by atoms with Crippen molar-refractivity contribution in [1.29, 1.82) is 0 Å². The zero-order valence-electron chi connectivity index (χ0n) is 20.8. The molecule has 3 heteroatoms. The average molecular weight is 427 g/mol. The van der Waals surface area contributed by atoms with Gasteiger partial charge in [-0.25, -0.2) is 0 Å². The van der Waals surface area contributed by atoms with Crippen molar-refractivity contribution in [3.63, 3.8) is 0 Å². The molecule has 0 radical (unpaired) electrons. The fourth-order valence-electron chi connectivity index (χ4n) is 5.44. The lowest BCUT2D eigenvalue weighted by molar-refractivity contribution is -0.148. The van der Waals surface area contributed by atoms with E-state index in [9.17, 15) is 4.79 Å². The van der Waals surface area contributed by atoms with Crippen LogP contribution in [0.2, 0.25) is 0 Å². The summed E-state index contributed by atoms with van der Waals surface area (Å²) in [6, 6.07) is 0. The highest BCUT2D eigenvalue weighted by Crippen LogP contribution is 2.51. The maximum Gasteiger partial charge on any atom is 0.308 e. The van der Waals surface area contributed by atoms with E-state index in [4.69, 9.17) is 4.74 Å². The van der Waals surface area contributed by atoms with Crippen LogP contribution in [0.1, 0.15) is 107 Å². The third-order valence-corrected chi connectivity index (χ3v) is 8.48. The van der Waals surface area contributed by atoms with Gasteiger partial charge in [0, 0.05) is 5.66 Å². The first-order valence-corrected chi connectivity index (χ1v) is 13.1. The van der Waals surface area contributed by atoms with Gasteiger partial charge in [0.2, 0.25) is 0 Å². The maximum absolute atomic E-state index is 11.3. The van der Waals surface area contributed by atoms with Gasteiger partial charge in [-0.1, -0.05) is 68.2 Å². The molecule has 172 valence electrons. The summed E-state index contributed by atoms with van der Waals surface area (Å²) >= 11 is 0. The minimum Gasteiger partial charge on any atom is -0.465 e. The van der Waals surface area contributed by atoms with Gasteiger partial charge in [-0.15, -0.1) is 9.24 Å². The van der Waals surface area contributed by atoms with Crippen LogP contribution in [0.4, 0.5) is 0 Å². The van der Waals surface area contributed by atoms with Crippen molar-refractivity contribution in [3.8, 4) is 0 Å². The van der Waals surface area contributed by atoms with Crippen LogP contribution >= 0.6 is 9.24 Å². The van der Waals surface area contributed by atoms with E-state index >= 15 is 0 Å². The summed E-state index contributed by atoms with van der Waals surface area (Å²) in [5.74, 6) is 4.98. The zero-order valence-corrected chi connectivity index (χ0v) is 22.0. The lowest BCUT2D eigenvalue weighted by atomic mass is 9.57. The van der Waals surface area contributed by atoms with E-state index < -0.39 is 0 Å². The Labute approximate surface area is 184 Å². The van der Waals surface area contributed by atoms with Crippen LogP contribution in [0.15, 0.2) is 0 Å². The molecule has 5 atom stereocenters. The van der Waals surface area contributed by atoms with Gasteiger partial charge >= 0.3 is 5.97 Å². The average Bonchev–Trinajstić information content (AvgIpc) is 2.67. The smallest absolute Gasteiger partial charge is 0.308 e. The molecule has 0 spiro atoms. The Morgan fingerprint density at radius 2 is 1.59 bits per heavy atom. The van der Waals surface area contributed by atoms with E-state index in [-0.39, 0.29) is 11.9 Å². The summed E-state index contributed by atoms with van der Waals surface area (Å²) in [6.45, 7) is 19.0. The molecule has 2 aliphatic rings. The number of ether oxygens (including phenoxy) is 1. The first kappa shape index (κ1) is 26.9. The Hall–Kier alpha value is -0.100. The molecule has 2 saturated carbocycles. The van der Waals surface area contributed by atoms with Crippen LogP contribution in [0.5, 0.6) is 0 Å². The first-order chi connectivity index (χ1) is 13.5. The number of carbonyl (C=O) groups is 1. The van der Waals surface area contributed by atoms with Crippen LogP contribution in [-0.2, 0) is 9.53 Å². The molecular weight excluding hydrogens is 375 g/mol. The van der Waals surface area contributed by atoms with E-state index in [0.717, 1.165) is 42.4 Å². The molecule has 0 amide bonds. The highest BCUT2D eigenvalue weighted by molar-refractivity contribution is 7.17. The molecule has 2 aliphatic carbocycles. The number of rotatable bonds is 6. The molecule has 0 N–H and O–H groups in total. The molecule has 29 heavy (non-hydrogen) atoms. The van der Waals surface area contributed by atoms with Gasteiger partial charge in [-0.05, 0) is 73.5 Å². The molecule has 0 saturated heterocycles. The van der Waals surface area contributed by atoms with Gasteiger partial charge in [0.05, 0.1) is 12.5 Å². The second-order valence-corrected chi connectivity index (χ2v) is 12.1. The second kappa shape index (κ2) is 12.7. The van der Waals surface area contributed by atoms with Gasteiger partial charge in [-0.3, -0.25) is 4.79 Å². The fraction of sp³-hybridized carbons (Fsp3) is 0.962. The molecule has 5 unspecified atom stereocenters. The van der Waals surface area contributed by atoms with Gasteiger partial charge < -0.3 is 4.74 Å². The standard InChI is InChI=1S/C17H32.C9H19O2P/c1-12-6-8-15(9-7-12)16-10-11-17(4,5)14(3)13(16)2;1-4-8(5-2)9(10)11-6-7(3)12/h12-16H,6-11H2,1-5H3;7-8H,4-6,12H2,1-3H3. The largest absolute Gasteiger partial charge is 0.465 e. The Kier molecular flexibility index (Phi) is 11.8. The summed E-state index contributed by atoms with van der Waals surface area (Å²) in [5.41, 5.74) is 0.932. The molecular formula is C26H51O2P. The third-order valence-electron chi connectivity index (χ3n) is 8.29. The van der Waals surface area contributed by atoms with Crippen LogP contribution in [0.3, 0.4) is 0 Å². The zero-order chi connectivity index (χ0) is 22.2. The minimum atomic E-state index is -0.0469.